The van der Waals surface area contributed by atoms with Crippen molar-refractivity contribution in [1.29, 1.82) is 0 Å². The quantitative estimate of drug-likeness (QED) is 0.195. The zero-order chi connectivity index (χ0) is 29.9. The molecule has 0 unspecified atom stereocenters. The summed E-state index contributed by atoms with van der Waals surface area (Å²) in [6, 6.07) is 43.7. The van der Waals surface area contributed by atoms with Crippen LogP contribution < -0.4 is 0 Å². The molecule has 0 spiro atoms. The van der Waals surface area contributed by atoms with Crippen LogP contribution in [-0.4, -0.2) is 14.5 Å². The Morgan fingerprint density at radius 2 is 1.24 bits per heavy atom. The average molecular weight is 578 g/mol. The summed E-state index contributed by atoms with van der Waals surface area (Å²) >= 11 is 0. The number of hydrogen-bond acceptors (Lipinski definition) is 2. The fraction of sp³-hybridized carbons (Fsp3) is 0.0952. The molecule has 9 rings (SSSR count). The van der Waals surface area contributed by atoms with Gasteiger partial charge < -0.3 is 0 Å². The van der Waals surface area contributed by atoms with Gasteiger partial charge in [-0.3, -0.25) is 4.57 Å². The van der Waals surface area contributed by atoms with E-state index in [0.717, 1.165) is 58.6 Å². The highest BCUT2D eigenvalue weighted by Crippen LogP contribution is 2.43. The normalized spacial score (nSPS) is 12.8. The van der Waals surface area contributed by atoms with Gasteiger partial charge in [-0.2, -0.15) is 0 Å². The summed E-state index contributed by atoms with van der Waals surface area (Å²) < 4.78 is 2.28. The first kappa shape index (κ1) is 25.9. The lowest BCUT2D eigenvalue weighted by atomic mass is 9.84. The molecule has 0 amide bonds. The Kier molecular flexibility index (Phi) is 5.92. The molecule has 1 aliphatic carbocycles. The summed E-state index contributed by atoms with van der Waals surface area (Å²) in [5, 5.41) is 6.45. The Balaban J connectivity index is 1.18. The Labute approximate surface area is 262 Å². The Hall–Kier alpha value is -5.54. The van der Waals surface area contributed by atoms with Gasteiger partial charge in [0.05, 0.1) is 22.2 Å². The van der Waals surface area contributed by atoms with Crippen LogP contribution in [0.2, 0.25) is 0 Å². The van der Waals surface area contributed by atoms with Crippen molar-refractivity contribution in [3.8, 4) is 28.1 Å². The number of pyridine rings is 1. The minimum Gasteiger partial charge on any atom is -0.296 e. The smallest absolute Gasteiger partial charge is 0.114 e. The number of hydrogen-bond donors (Lipinski definition) is 0. The molecule has 0 fully saturated rings. The van der Waals surface area contributed by atoms with Crippen LogP contribution in [0.25, 0.3) is 77.6 Å². The van der Waals surface area contributed by atoms with E-state index < -0.39 is 0 Å². The molecule has 0 atom stereocenters. The first-order valence-electron chi connectivity index (χ1n) is 15.9. The molecule has 3 heteroatoms. The van der Waals surface area contributed by atoms with E-state index in [-0.39, 0.29) is 0 Å². The van der Waals surface area contributed by atoms with Crippen molar-refractivity contribution < 1.29 is 0 Å². The van der Waals surface area contributed by atoms with Gasteiger partial charge >= 0.3 is 0 Å². The fourth-order valence-corrected chi connectivity index (χ4v) is 7.33. The maximum absolute atomic E-state index is 5.33. The van der Waals surface area contributed by atoms with Gasteiger partial charge in [-0.25, -0.2) is 9.97 Å². The van der Waals surface area contributed by atoms with Gasteiger partial charge in [0.2, 0.25) is 0 Å². The maximum Gasteiger partial charge on any atom is 0.114 e. The predicted molar refractivity (Wildman–Crippen MR) is 189 cm³/mol. The van der Waals surface area contributed by atoms with Gasteiger partial charge in [-0.1, -0.05) is 110 Å². The van der Waals surface area contributed by atoms with E-state index in [1.54, 1.807) is 0 Å². The molecule has 0 radical (unpaired) electrons. The molecule has 1 aliphatic rings. The second kappa shape index (κ2) is 10.3. The number of allylic oxidation sites excluding steroid dienone is 1. The summed E-state index contributed by atoms with van der Waals surface area (Å²) in [4.78, 5) is 10.2. The molecule has 45 heavy (non-hydrogen) atoms. The topological polar surface area (TPSA) is 30.7 Å². The molecule has 0 saturated heterocycles. The number of aromatic nitrogens is 3. The van der Waals surface area contributed by atoms with Crippen LogP contribution in [0.3, 0.4) is 0 Å². The third-order valence-electron chi connectivity index (χ3n) is 9.42. The van der Waals surface area contributed by atoms with Crippen LogP contribution in [0.5, 0.6) is 0 Å². The van der Waals surface area contributed by atoms with Gasteiger partial charge in [-0.15, -0.1) is 0 Å². The largest absolute Gasteiger partial charge is 0.296 e. The molecule has 3 nitrogen and oxygen atoms in total. The third kappa shape index (κ3) is 4.04. The molecule has 6 aromatic carbocycles. The number of benzene rings is 6. The molecular formula is C42H31N3. The van der Waals surface area contributed by atoms with Crippen molar-refractivity contribution in [2.75, 3.05) is 0 Å². The average Bonchev–Trinajstić information content (AvgIpc) is 3.50. The van der Waals surface area contributed by atoms with Crippen molar-refractivity contribution in [2.45, 2.75) is 26.2 Å². The second-order valence-electron chi connectivity index (χ2n) is 11.9. The zero-order valence-electron chi connectivity index (χ0n) is 25.2. The Morgan fingerprint density at radius 1 is 0.600 bits per heavy atom. The first-order chi connectivity index (χ1) is 22.3. The number of rotatable bonds is 4. The van der Waals surface area contributed by atoms with Crippen LogP contribution in [0.15, 0.2) is 127 Å². The lowest BCUT2D eigenvalue weighted by Gasteiger charge is -2.21. The summed E-state index contributed by atoms with van der Waals surface area (Å²) in [5.41, 5.74) is 11.7. The minimum absolute atomic E-state index is 0.879. The van der Waals surface area contributed by atoms with E-state index in [1.807, 2.05) is 0 Å². The van der Waals surface area contributed by atoms with Crippen molar-refractivity contribution in [3.05, 3.63) is 144 Å². The van der Waals surface area contributed by atoms with Gasteiger partial charge in [-0.05, 0) is 76.2 Å². The summed E-state index contributed by atoms with van der Waals surface area (Å²) in [6.07, 6.45) is 7.65. The highest BCUT2D eigenvalue weighted by atomic mass is 15.1. The number of fused-ring (bicyclic) bond motifs is 9. The lowest BCUT2D eigenvalue weighted by Crippen LogP contribution is -2.01. The van der Waals surface area contributed by atoms with E-state index in [9.17, 15) is 0 Å². The molecule has 2 heterocycles. The Morgan fingerprint density at radius 3 is 2.02 bits per heavy atom. The standard InChI is InChI=1S/C42H31N3/c1-2-39-43-37-17-9-10-18-38(37)45(39)30-25-23-28(24-26-30)27-19-21-29(22-20-27)42-41-34-14-6-4-12-32(34)31-11-3-5-13-33(31)40(41)35-15-7-8-16-36(35)44-42/h3,5-11,13-26H,2,4,12H2,1H3. The molecule has 214 valence electrons. The van der Waals surface area contributed by atoms with E-state index in [2.05, 4.69) is 145 Å². The molecule has 0 bridgehead atoms. The monoisotopic (exact) mass is 577 g/mol. The van der Waals surface area contributed by atoms with Gasteiger partial charge in [0, 0.05) is 33.8 Å². The van der Waals surface area contributed by atoms with Crippen LogP contribution in [-0.2, 0) is 12.8 Å². The predicted octanol–water partition coefficient (Wildman–Crippen LogP) is 10.7. The van der Waals surface area contributed by atoms with E-state index in [0.29, 0.717) is 0 Å². The molecule has 8 aromatic rings. The van der Waals surface area contributed by atoms with Crippen LogP contribution in [0.4, 0.5) is 0 Å². The third-order valence-corrected chi connectivity index (χ3v) is 9.42. The van der Waals surface area contributed by atoms with Crippen molar-refractivity contribution in [3.63, 3.8) is 0 Å². The fourth-order valence-electron chi connectivity index (χ4n) is 7.33. The number of nitrogens with zero attached hydrogens (tertiary/aromatic N) is 3. The van der Waals surface area contributed by atoms with Gasteiger partial charge in [0.1, 0.15) is 5.82 Å². The molecule has 0 N–H and O–H groups in total. The number of aryl methyl sites for hydroxylation is 2. The summed E-state index contributed by atoms with van der Waals surface area (Å²) in [5.74, 6) is 1.08. The highest BCUT2D eigenvalue weighted by Gasteiger charge is 2.21. The van der Waals surface area contributed by atoms with Gasteiger partial charge in [0.25, 0.3) is 0 Å². The van der Waals surface area contributed by atoms with E-state index in [1.165, 1.54) is 49.2 Å². The molecule has 0 saturated carbocycles. The van der Waals surface area contributed by atoms with Crippen molar-refractivity contribution >= 4 is 49.6 Å². The number of para-hydroxylation sites is 3. The van der Waals surface area contributed by atoms with Crippen LogP contribution in [0.1, 0.15) is 30.3 Å². The van der Waals surface area contributed by atoms with Crippen molar-refractivity contribution in [1.82, 2.24) is 14.5 Å². The molecule has 0 aliphatic heterocycles. The molecular weight excluding hydrogens is 546 g/mol. The summed E-state index contributed by atoms with van der Waals surface area (Å²) in [6.45, 7) is 2.16. The second-order valence-corrected chi connectivity index (χ2v) is 11.9. The van der Waals surface area contributed by atoms with Crippen LogP contribution in [0, 0.1) is 0 Å². The van der Waals surface area contributed by atoms with Crippen LogP contribution >= 0.6 is 0 Å². The summed E-state index contributed by atoms with van der Waals surface area (Å²) in [7, 11) is 0. The first-order valence-corrected chi connectivity index (χ1v) is 15.9. The number of imidazole rings is 1. The minimum atomic E-state index is 0.879. The van der Waals surface area contributed by atoms with Crippen molar-refractivity contribution in [2.24, 2.45) is 0 Å². The van der Waals surface area contributed by atoms with E-state index in [4.69, 9.17) is 9.97 Å². The highest BCUT2D eigenvalue weighted by molar-refractivity contribution is 6.25. The van der Waals surface area contributed by atoms with Gasteiger partial charge in [0.15, 0.2) is 0 Å². The zero-order valence-corrected chi connectivity index (χ0v) is 25.2. The lowest BCUT2D eigenvalue weighted by molar-refractivity contribution is 0.908. The SMILES string of the molecule is CCc1nc2ccccc2n1-c1ccc(-c2ccc(-c3nc4ccccc4c4c3c3c(c5ccccc54)CCC=C3)cc2)cc1. The van der Waals surface area contributed by atoms with E-state index >= 15 is 0 Å². The Bertz CT molecular complexity index is 2450. The maximum atomic E-state index is 5.33. The molecule has 2 aromatic heterocycles.